The lowest BCUT2D eigenvalue weighted by Gasteiger charge is -1.92. The third kappa shape index (κ3) is 3.43. The fraction of sp³-hybridized carbons (Fsp3) is 0.286. The van der Waals surface area contributed by atoms with Crippen LogP contribution in [0.2, 0.25) is 0 Å². The molecule has 0 saturated heterocycles. The van der Waals surface area contributed by atoms with Crippen LogP contribution in [0, 0.1) is 0 Å². The summed E-state index contributed by atoms with van der Waals surface area (Å²) in [5.41, 5.74) is 6.09. The topological polar surface area (TPSA) is 38.4 Å². The molecule has 3 heteroatoms. The molecule has 0 unspecified atom stereocenters. The number of nitrogens with two attached hydrogens (primary N) is 1. The molecule has 56 valence electrons. The van der Waals surface area contributed by atoms with Gasteiger partial charge >= 0.3 is 0 Å². The van der Waals surface area contributed by atoms with Crippen LogP contribution in [0.3, 0.4) is 0 Å². The smallest absolute Gasteiger partial charge is 0.0495 e. The van der Waals surface area contributed by atoms with Gasteiger partial charge in [0.25, 0.3) is 0 Å². The Balaban J connectivity index is 4.22. The van der Waals surface area contributed by atoms with Gasteiger partial charge in [0.05, 0.1) is 0 Å². The van der Waals surface area contributed by atoms with Gasteiger partial charge in [0.2, 0.25) is 0 Å². The highest BCUT2D eigenvalue weighted by molar-refractivity contribution is 6.32. The van der Waals surface area contributed by atoms with Crippen molar-refractivity contribution in [3.63, 3.8) is 0 Å². The van der Waals surface area contributed by atoms with Gasteiger partial charge in [-0.05, 0) is 6.08 Å². The van der Waals surface area contributed by atoms with Crippen LogP contribution in [-0.2, 0) is 0 Å². The Morgan fingerprint density at radius 1 is 1.80 bits per heavy atom. The number of allylic oxidation sites excluding steroid dienone is 2. The van der Waals surface area contributed by atoms with E-state index in [1.807, 2.05) is 0 Å². The molecule has 0 aromatic carbocycles. The normalized spacial score (nSPS) is 13.5. The van der Waals surface area contributed by atoms with Crippen molar-refractivity contribution in [3.05, 3.63) is 23.8 Å². The molecule has 2 N–H and O–H groups in total. The minimum absolute atomic E-state index is 0.403. The lowest BCUT2D eigenvalue weighted by molar-refractivity contribution is 1.28. The van der Waals surface area contributed by atoms with E-state index in [1.165, 1.54) is 0 Å². The zero-order valence-corrected chi connectivity index (χ0v) is 6.73. The van der Waals surface area contributed by atoms with Crippen molar-refractivity contribution in [3.8, 4) is 0 Å². The number of halogens is 1. The molecular weight excluding hydrogens is 148 g/mol. The fourth-order valence-electron chi connectivity index (χ4n) is 0.433. The van der Waals surface area contributed by atoms with Gasteiger partial charge in [-0.3, -0.25) is 4.99 Å². The summed E-state index contributed by atoms with van der Waals surface area (Å²) in [5.74, 6) is 0. The number of nitrogens with zero attached hydrogens (tertiary/aromatic N) is 1. The van der Waals surface area contributed by atoms with Crippen LogP contribution in [0.25, 0.3) is 0 Å². The van der Waals surface area contributed by atoms with Crippen LogP contribution in [0.5, 0.6) is 0 Å². The molecule has 0 rings (SSSR count). The molecule has 0 saturated carbocycles. The van der Waals surface area contributed by atoms with Crippen molar-refractivity contribution in [1.29, 1.82) is 0 Å². The van der Waals surface area contributed by atoms with Crippen molar-refractivity contribution < 1.29 is 0 Å². The summed E-state index contributed by atoms with van der Waals surface area (Å²) in [6.45, 7) is 3.89. The van der Waals surface area contributed by atoms with E-state index in [0.717, 1.165) is 5.71 Å². The lowest BCUT2D eigenvalue weighted by Crippen LogP contribution is -2.10. The second-order valence-corrected chi connectivity index (χ2v) is 2.09. The Bertz CT molecular complexity index is 170. The van der Waals surface area contributed by atoms with Gasteiger partial charge in [-0.1, -0.05) is 24.3 Å². The van der Waals surface area contributed by atoms with Gasteiger partial charge in [0.1, 0.15) is 0 Å². The maximum atomic E-state index is 5.62. The van der Waals surface area contributed by atoms with E-state index in [4.69, 9.17) is 17.3 Å². The molecule has 0 atom stereocenters. The van der Waals surface area contributed by atoms with Gasteiger partial charge in [0, 0.05) is 24.3 Å². The average molecular weight is 159 g/mol. The molecule has 0 aromatic rings. The molecule has 2 nitrogen and oxygen atoms in total. The van der Waals surface area contributed by atoms with E-state index >= 15 is 0 Å². The van der Waals surface area contributed by atoms with Crippen LogP contribution in [-0.4, -0.2) is 19.3 Å². The third-order valence-corrected chi connectivity index (χ3v) is 1.26. The summed E-state index contributed by atoms with van der Waals surface area (Å²) >= 11 is 5.62. The van der Waals surface area contributed by atoms with E-state index in [2.05, 4.69) is 11.6 Å². The molecular formula is C7H11ClN2. The Labute approximate surface area is 66.1 Å². The van der Waals surface area contributed by atoms with Crippen LogP contribution < -0.4 is 5.73 Å². The number of aliphatic imine (C=N–C) groups is 1. The number of hydrogen-bond acceptors (Lipinski definition) is 2. The highest BCUT2D eigenvalue weighted by atomic mass is 35.5. The number of rotatable bonds is 3. The first-order valence-corrected chi connectivity index (χ1v) is 3.27. The second-order valence-electron chi connectivity index (χ2n) is 1.65. The Kier molecular flexibility index (Phi) is 4.89. The van der Waals surface area contributed by atoms with Crippen LogP contribution in [0.1, 0.15) is 0 Å². The zero-order chi connectivity index (χ0) is 7.98. The largest absolute Gasteiger partial charge is 0.325 e. The third-order valence-electron chi connectivity index (χ3n) is 0.996. The van der Waals surface area contributed by atoms with Crippen molar-refractivity contribution in [2.45, 2.75) is 0 Å². The van der Waals surface area contributed by atoms with Crippen molar-refractivity contribution in [2.75, 3.05) is 13.6 Å². The highest BCUT2D eigenvalue weighted by Crippen LogP contribution is 2.00. The van der Waals surface area contributed by atoms with Crippen LogP contribution in [0.4, 0.5) is 0 Å². The minimum atomic E-state index is 0.403. The first kappa shape index (κ1) is 9.40. The zero-order valence-electron chi connectivity index (χ0n) is 5.97. The monoisotopic (exact) mass is 158 g/mol. The quantitative estimate of drug-likeness (QED) is 0.489. The van der Waals surface area contributed by atoms with Crippen LogP contribution >= 0.6 is 11.6 Å². The number of hydrogen-bond donors (Lipinski definition) is 1. The standard InChI is InChI=1S/C7H11ClN2/c1-3-6(8)4-7(5-9)10-2/h3-4H,1,5,9H2,2H3/b6-4+,10-7?. The maximum Gasteiger partial charge on any atom is 0.0495 e. The maximum absolute atomic E-state index is 5.62. The lowest BCUT2D eigenvalue weighted by atomic mass is 10.3. The van der Waals surface area contributed by atoms with E-state index in [1.54, 1.807) is 19.2 Å². The second kappa shape index (κ2) is 5.21. The van der Waals surface area contributed by atoms with Crippen LogP contribution in [0.15, 0.2) is 28.8 Å². The SMILES string of the molecule is C=C/C(Cl)=C\C(CN)=NC. The van der Waals surface area contributed by atoms with Gasteiger partial charge < -0.3 is 5.73 Å². The summed E-state index contributed by atoms with van der Waals surface area (Å²) in [4.78, 5) is 3.88. The first-order valence-electron chi connectivity index (χ1n) is 2.90. The molecule has 10 heavy (non-hydrogen) atoms. The molecule has 0 amide bonds. The first-order chi connectivity index (χ1) is 4.74. The molecule has 0 aliphatic heterocycles. The van der Waals surface area contributed by atoms with Crippen molar-refractivity contribution in [2.24, 2.45) is 10.7 Å². The van der Waals surface area contributed by atoms with E-state index in [-0.39, 0.29) is 0 Å². The van der Waals surface area contributed by atoms with E-state index in [9.17, 15) is 0 Å². The van der Waals surface area contributed by atoms with Gasteiger partial charge in [-0.15, -0.1) is 0 Å². The predicted molar refractivity (Wildman–Crippen MR) is 46.5 cm³/mol. The molecule has 0 aliphatic carbocycles. The molecule has 0 bridgehead atoms. The summed E-state index contributed by atoms with van der Waals surface area (Å²) < 4.78 is 0. The Hall–Kier alpha value is -0.600. The van der Waals surface area contributed by atoms with E-state index in [0.29, 0.717) is 11.6 Å². The summed E-state index contributed by atoms with van der Waals surface area (Å²) in [7, 11) is 1.67. The predicted octanol–water partition coefficient (Wildman–Crippen LogP) is 1.32. The van der Waals surface area contributed by atoms with Gasteiger partial charge in [-0.25, -0.2) is 0 Å². The van der Waals surface area contributed by atoms with E-state index < -0.39 is 0 Å². The average Bonchev–Trinajstić information content (AvgIpc) is 1.99. The molecule has 0 aliphatic rings. The Morgan fingerprint density at radius 3 is 2.70 bits per heavy atom. The highest BCUT2D eigenvalue weighted by Gasteiger charge is 1.89. The summed E-state index contributed by atoms with van der Waals surface area (Å²) in [6.07, 6.45) is 3.23. The molecule has 0 spiro atoms. The molecule has 0 aromatic heterocycles. The summed E-state index contributed by atoms with van der Waals surface area (Å²) in [6, 6.07) is 0. The molecule has 0 heterocycles. The van der Waals surface area contributed by atoms with Crippen molar-refractivity contribution >= 4 is 17.3 Å². The van der Waals surface area contributed by atoms with Crippen molar-refractivity contribution in [1.82, 2.24) is 0 Å². The minimum Gasteiger partial charge on any atom is -0.325 e. The molecule has 0 radical (unpaired) electrons. The summed E-state index contributed by atoms with van der Waals surface area (Å²) in [5, 5.41) is 0.561. The Morgan fingerprint density at radius 2 is 2.40 bits per heavy atom. The van der Waals surface area contributed by atoms with Gasteiger partial charge in [0.15, 0.2) is 0 Å². The van der Waals surface area contributed by atoms with Gasteiger partial charge in [-0.2, -0.15) is 0 Å². The molecule has 0 fully saturated rings. The fourth-order valence-corrected chi connectivity index (χ4v) is 0.559.